The molecule has 0 spiro atoms. The normalized spacial score (nSPS) is 17.3. The molecule has 4 rings (SSSR count). The number of nitrogens with zero attached hydrogens (tertiary/aromatic N) is 4. The van der Waals surface area contributed by atoms with E-state index in [2.05, 4.69) is 21.7 Å². The number of methoxy groups -OCH3 is 1. The first kappa shape index (κ1) is 31.7. The molecular weight excluding hydrogens is 560 g/mol. The maximum absolute atomic E-state index is 13.4. The molecule has 0 bridgehead atoms. The third-order valence-corrected chi connectivity index (χ3v) is 7.92. The highest BCUT2D eigenvalue weighted by Crippen LogP contribution is 2.46. The second-order valence-corrected chi connectivity index (χ2v) is 10.9. The molecule has 0 radical (unpaired) electrons. The summed E-state index contributed by atoms with van der Waals surface area (Å²) >= 11 is 0. The van der Waals surface area contributed by atoms with Crippen molar-refractivity contribution in [3.05, 3.63) is 41.6 Å². The molecule has 14 heteroatoms. The molecule has 3 heterocycles. The highest BCUT2D eigenvalue weighted by atomic mass is 19.4. The van der Waals surface area contributed by atoms with E-state index < -0.39 is 48.2 Å². The number of aromatic nitrogens is 3. The van der Waals surface area contributed by atoms with Gasteiger partial charge in [-0.05, 0) is 69.5 Å². The molecule has 232 valence electrons. The van der Waals surface area contributed by atoms with Crippen LogP contribution in [0, 0.1) is 0 Å². The predicted octanol–water partition coefficient (Wildman–Crippen LogP) is 3.41. The van der Waals surface area contributed by atoms with Gasteiger partial charge in [0.05, 0.1) is 6.10 Å². The summed E-state index contributed by atoms with van der Waals surface area (Å²) in [5, 5.41) is 15.6. The highest BCUT2D eigenvalue weighted by Gasteiger charge is 2.55. The molecule has 1 aliphatic carbocycles. The van der Waals surface area contributed by atoms with Crippen LogP contribution in [0.25, 0.3) is 0 Å². The zero-order valence-corrected chi connectivity index (χ0v) is 23.6. The van der Waals surface area contributed by atoms with E-state index in [9.17, 15) is 32.3 Å². The van der Waals surface area contributed by atoms with Crippen LogP contribution >= 0.6 is 0 Å². The first-order valence-electron chi connectivity index (χ1n) is 14.3. The van der Waals surface area contributed by atoms with E-state index in [1.54, 1.807) is 0 Å². The summed E-state index contributed by atoms with van der Waals surface area (Å²) in [5.74, 6) is -2.37. The molecular formula is C28H38F4N6O4. The largest absolute Gasteiger partial charge is 0.480 e. The molecule has 1 fully saturated rings. The predicted molar refractivity (Wildman–Crippen MR) is 146 cm³/mol. The standard InChI is InChI=1S/C28H38F4N6O4/c1-42-21(17-29)18-37(14-3-2-6-20-8-7-19-5-4-12-33-23(19)35-20)15-9-22(24(39)40)36-26(41)27(10-11-27)38-16-13-34-25(38)28(30,31)32/h7-8,13,16,21-22H,2-6,9-12,14-15,17-18H2,1H3,(H,33,35)(H,36,41)(H,39,40). The summed E-state index contributed by atoms with van der Waals surface area (Å²) in [4.78, 5) is 35.1. The number of imidazole rings is 1. The van der Waals surface area contributed by atoms with Crippen molar-refractivity contribution in [1.29, 1.82) is 0 Å². The molecule has 2 aromatic heterocycles. The smallest absolute Gasteiger partial charge is 0.449 e. The zero-order valence-electron chi connectivity index (χ0n) is 23.6. The molecule has 0 saturated heterocycles. The van der Waals surface area contributed by atoms with Crippen LogP contribution in [0.5, 0.6) is 0 Å². The Bertz CT molecular complexity index is 1220. The van der Waals surface area contributed by atoms with Gasteiger partial charge in [-0.25, -0.2) is 19.2 Å². The average molecular weight is 599 g/mol. The number of alkyl halides is 4. The molecule has 1 saturated carbocycles. The number of carboxylic acid groups (broad SMARTS) is 1. The van der Waals surface area contributed by atoms with Crippen LogP contribution in [0.3, 0.4) is 0 Å². The number of aliphatic carboxylic acids is 1. The molecule has 0 aromatic carbocycles. The van der Waals surface area contributed by atoms with Gasteiger partial charge in [0, 0.05) is 44.8 Å². The Labute approximate surface area is 241 Å². The molecule has 10 nitrogen and oxygen atoms in total. The van der Waals surface area contributed by atoms with E-state index >= 15 is 0 Å². The molecule has 2 unspecified atom stereocenters. The van der Waals surface area contributed by atoms with E-state index in [1.165, 1.54) is 12.7 Å². The Kier molecular flexibility index (Phi) is 10.4. The van der Waals surface area contributed by atoms with Crippen LogP contribution in [-0.2, 0) is 38.9 Å². The third kappa shape index (κ3) is 7.77. The number of halogens is 4. The summed E-state index contributed by atoms with van der Waals surface area (Å²) in [6, 6.07) is 2.79. The quantitative estimate of drug-likeness (QED) is 0.199. The molecule has 1 aliphatic heterocycles. The van der Waals surface area contributed by atoms with Gasteiger partial charge in [0.25, 0.3) is 0 Å². The lowest BCUT2D eigenvalue weighted by Gasteiger charge is -2.28. The van der Waals surface area contributed by atoms with E-state index in [1.807, 2.05) is 11.0 Å². The fourth-order valence-electron chi connectivity index (χ4n) is 5.33. The Balaban J connectivity index is 1.34. The number of unbranched alkanes of at least 4 members (excludes halogenated alkanes) is 1. The monoisotopic (exact) mass is 598 g/mol. The van der Waals surface area contributed by atoms with Crippen LogP contribution in [0.15, 0.2) is 24.5 Å². The second-order valence-electron chi connectivity index (χ2n) is 10.9. The second kappa shape index (κ2) is 13.8. The van der Waals surface area contributed by atoms with Crippen molar-refractivity contribution in [3.8, 4) is 0 Å². The number of amides is 1. The van der Waals surface area contributed by atoms with Crippen LogP contribution in [0.2, 0.25) is 0 Å². The molecule has 2 aliphatic rings. The number of pyridine rings is 1. The maximum atomic E-state index is 13.4. The Morgan fingerprint density at radius 2 is 2.05 bits per heavy atom. The Hall–Kier alpha value is -3.26. The number of hydrogen-bond donors (Lipinski definition) is 3. The van der Waals surface area contributed by atoms with Crippen LogP contribution in [-0.4, -0.2) is 88.5 Å². The van der Waals surface area contributed by atoms with E-state index in [4.69, 9.17) is 9.72 Å². The zero-order chi connectivity index (χ0) is 30.3. The fraction of sp³-hybridized carbons (Fsp3) is 0.643. The van der Waals surface area contributed by atoms with Gasteiger partial charge in [-0.2, -0.15) is 13.2 Å². The number of carbonyl (C=O) groups excluding carboxylic acids is 1. The van der Waals surface area contributed by atoms with Crippen molar-refractivity contribution in [3.63, 3.8) is 0 Å². The first-order chi connectivity index (χ1) is 20.1. The molecule has 1 amide bonds. The highest BCUT2D eigenvalue weighted by molar-refractivity contribution is 5.91. The minimum absolute atomic E-state index is 0.0199. The topological polar surface area (TPSA) is 122 Å². The van der Waals surface area contributed by atoms with Crippen molar-refractivity contribution >= 4 is 17.7 Å². The minimum atomic E-state index is -4.76. The third-order valence-electron chi connectivity index (χ3n) is 7.92. The van der Waals surface area contributed by atoms with Gasteiger partial charge in [-0.15, -0.1) is 0 Å². The maximum Gasteiger partial charge on any atom is 0.449 e. The van der Waals surface area contributed by atoms with Crippen LogP contribution in [0.1, 0.15) is 55.6 Å². The first-order valence-corrected chi connectivity index (χ1v) is 14.3. The van der Waals surface area contributed by atoms with Crippen molar-refractivity contribution in [2.24, 2.45) is 0 Å². The van der Waals surface area contributed by atoms with Crippen molar-refractivity contribution < 1.29 is 37.0 Å². The van der Waals surface area contributed by atoms with Gasteiger partial charge in [0.2, 0.25) is 11.7 Å². The minimum Gasteiger partial charge on any atom is -0.480 e. The summed E-state index contributed by atoms with van der Waals surface area (Å²) in [6.45, 7) is 1.17. The molecule has 42 heavy (non-hydrogen) atoms. The lowest BCUT2D eigenvalue weighted by atomic mass is 10.1. The van der Waals surface area contributed by atoms with E-state index in [0.717, 1.165) is 67.1 Å². The van der Waals surface area contributed by atoms with Gasteiger partial charge in [0.15, 0.2) is 0 Å². The summed E-state index contributed by atoms with van der Waals surface area (Å²) in [6.07, 6.45) is 1.25. The number of hydrogen-bond acceptors (Lipinski definition) is 7. The number of nitrogens with one attached hydrogen (secondary N) is 2. The lowest BCUT2D eigenvalue weighted by molar-refractivity contribution is -0.150. The van der Waals surface area contributed by atoms with Crippen LogP contribution < -0.4 is 10.6 Å². The van der Waals surface area contributed by atoms with Crippen molar-refractivity contribution in [2.75, 3.05) is 45.3 Å². The van der Waals surface area contributed by atoms with E-state index in [-0.39, 0.29) is 32.4 Å². The number of anilines is 1. The van der Waals surface area contributed by atoms with Gasteiger partial charge in [-0.1, -0.05) is 6.07 Å². The fourth-order valence-corrected chi connectivity index (χ4v) is 5.33. The Morgan fingerprint density at radius 3 is 2.71 bits per heavy atom. The number of fused-ring (bicyclic) bond motifs is 1. The number of ether oxygens (including phenoxy) is 1. The number of carbonyl (C=O) groups is 2. The summed E-state index contributed by atoms with van der Waals surface area (Å²) in [5.41, 5.74) is 0.665. The summed E-state index contributed by atoms with van der Waals surface area (Å²) in [7, 11) is 1.40. The summed E-state index contributed by atoms with van der Waals surface area (Å²) < 4.78 is 59.6. The Morgan fingerprint density at radius 1 is 1.26 bits per heavy atom. The van der Waals surface area contributed by atoms with Crippen molar-refractivity contribution in [1.82, 2.24) is 24.8 Å². The number of rotatable bonds is 16. The van der Waals surface area contributed by atoms with Gasteiger partial charge in [-0.3, -0.25) is 4.79 Å². The van der Waals surface area contributed by atoms with Crippen molar-refractivity contribution in [2.45, 2.75) is 75.2 Å². The number of carboxylic acids is 1. The number of aryl methyl sites for hydroxylation is 2. The van der Waals surface area contributed by atoms with Gasteiger partial charge < -0.3 is 29.9 Å². The molecule has 3 N–H and O–H groups in total. The van der Waals surface area contributed by atoms with Gasteiger partial charge in [0.1, 0.15) is 24.1 Å². The lowest BCUT2D eigenvalue weighted by Crippen LogP contribution is -2.49. The van der Waals surface area contributed by atoms with Crippen LogP contribution in [0.4, 0.5) is 23.4 Å². The molecule has 2 atom stereocenters. The van der Waals surface area contributed by atoms with Gasteiger partial charge >= 0.3 is 12.1 Å². The molecule has 2 aromatic rings. The average Bonchev–Trinajstić information content (AvgIpc) is 3.61. The SMILES string of the molecule is COC(CF)CN(CCCCc1ccc2c(n1)NCCC2)CCC(NC(=O)C1(n2ccnc2C(F)(F)F)CC1)C(=O)O. The van der Waals surface area contributed by atoms with E-state index in [0.29, 0.717) is 6.54 Å².